The van der Waals surface area contributed by atoms with Crippen LogP contribution in [0.2, 0.25) is 0 Å². The van der Waals surface area contributed by atoms with Crippen LogP contribution in [0.15, 0.2) is 73.1 Å². The molecule has 0 aliphatic heterocycles. The van der Waals surface area contributed by atoms with Crippen LogP contribution in [0, 0.1) is 5.82 Å². The average Bonchev–Trinajstić information content (AvgIpc) is 2.63. The minimum absolute atomic E-state index is 0.0408. The molecule has 0 spiro atoms. The minimum Gasteiger partial charge on any atom is -0.322 e. The molecule has 2 amide bonds. The summed E-state index contributed by atoms with van der Waals surface area (Å²) in [4.78, 5) is 28.1. The van der Waals surface area contributed by atoms with Crippen molar-refractivity contribution < 1.29 is 14.0 Å². The molecule has 2 N–H and O–H groups in total. The number of anilines is 2. The van der Waals surface area contributed by atoms with E-state index in [1.165, 1.54) is 18.2 Å². The van der Waals surface area contributed by atoms with Crippen LogP contribution in [-0.4, -0.2) is 16.8 Å². The van der Waals surface area contributed by atoms with E-state index in [-0.39, 0.29) is 11.5 Å². The monoisotopic (exact) mass is 335 g/mol. The first-order chi connectivity index (χ1) is 12.1. The molecule has 0 radical (unpaired) electrons. The van der Waals surface area contributed by atoms with Crippen molar-refractivity contribution in [3.8, 4) is 0 Å². The Balaban J connectivity index is 1.67. The fourth-order valence-corrected chi connectivity index (χ4v) is 2.19. The van der Waals surface area contributed by atoms with Crippen LogP contribution < -0.4 is 10.6 Å². The van der Waals surface area contributed by atoms with Gasteiger partial charge in [0.1, 0.15) is 5.82 Å². The molecule has 5 nitrogen and oxygen atoms in total. The topological polar surface area (TPSA) is 71.1 Å². The summed E-state index contributed by atoms with van der Waals surface area (Å²) in [5.74, 6) is -1.43. The van der Waals surface area contributed by atoms with Crippen LogP contribution >= 0.6 is 0 Å². The van der Waals surface area contributed by atoms with Gasteiger partial charge < -0.3 is 10.6 Å². The lowest BCUT2D eigenvalue weighted by molar-refractivity contribution is 0.101. The van der Waals surface area contributed by atoms with E-state index in [2.05, 4.69) is 15.6 Å². The number of carbonyl (C=O) groups is 2. The second kappa shape index (κ2) is 7.35. The molecule has 0 unspecified atom stereocenters. The lowest BCUT2D eigenvalue weighted by Gasteiger charge is -2.08. The number of rotatable bonds is 4. The van der Waals surface area contributed by atoms with Crippen molar-refractivity contribution in [3.05, 3.63) is 90.0 Å². The van der Waals surface area contributed by atoms with E-state index in [0.29, 0.717) is 16.9 Å². The van der Waals surface area contributed by atoms with E-state index in [4.69, 9.17) is 0 Å². The summed E-state index contributed by atoms with van der Waals surface area (Å²) in [7, 11) is 0. The van der Waals surface area contributed by atoms with Gasteiger partial charge in [0.25, 0.3) is 11.8 Å². The number of benzene rings is 2. The molecule has 124 valence electrons. The molecule has 0 atom stereocenters. The molecule has 0 saturated heterocycles. The molecule has 0 fully saturated rings. The Morgan fingerprint density at radius 3 is 2.20 bits per heavy atom. The largest absolute Gasteiger partial charge is 0.322 e. The van der Waals surface area contributed by atoms with Crippen LogP contribution in [0.1, 0.15) is 20.7 Å². The van der Waals surface area contributed by atoms with E-state index in [9.17, 15) is 14.0 Å². The number of pyridine rings is 1. The van der Waals surface area contributed by atoms with Gasteiger partial charge in [0, 0.05) is 17.4 Å². The third kappa shape index (κ3) is 4.06. The molecule has 3 rings (SSSR count). The van der Waals surface area contributed by atoms with E-state index < -0.39 is 11.7 Å². The highest BCUT2D eigenvalue weighted by Gasteiger charge is 2.11. The van der Waals surface area contributed by atoms with Gasteiger partial charge in [0.15, 0.2) is 0 Å². The van der Waals surface area contributed by atoms with Gasteiger partial charge >= 0.3 is 0 Å². The van der Waals surface area contributed by atoms with E-state index in [1.54, 1.807) is 54.9 Å². The summed E-state index contributed by atoms with van der Waals surface area (Å²) in [6.07, 6.45) is 3.16. The smallest absolute Gasteiger partial charge is 0.258 e. The van der Waals surface area contributed by atoms with Gasteiger partial charge in [-0.25, -0.2) is 4.39 Å². The highest BCUT2D eigenvalue weighted by Crippen LogP contribution is 2.14. The van der Waals surface area contributed by atoms with Crippen molar-refractivity contribution in [1.29, 1.82) is 0 Å². The SMILES string of the molecule is O=C(Nc1cccnc1)c1ccc(NC(=O)c2ccccc2F)cc1. The molecule has 2 aromatic carbocycles. The first-order valence-corrected chi connectivity index (χ1v) is 7.51. The van der Waals surface area contributed by atoms with E-state index in [1.807, 2.05) is 0 Å². The Hall–Kier alpha value is -3.54. The molecule has 0 bridgehead atoms. The third-order valence-corrected chi connectivity index (χ3v) is 3.44. The van der Waals surface area contributed by atoms with Gasteiger partial charge in [0.05, 0.1) is 17.4 Å². The van der Waals surface area contributed by atoms with Crippen LogP contribution in [0.3, 0.4) is 0 Å². The fraction of sp³-hybridized carbons (Fsp3) is 0. The Morgan fingerprint density at radius 1 is 0.800 bits per heavy atom. The first-order valence-electron chi connectivity index (χ1n) is 7.51. The van der Waals surface area contributed by atoms with Crippen molar-refractivity contribution >= 4 is 23.2 Å². The van der Waals surface area contributed by atoms with Crippen molar-refractivity contribution in [2.75, 3.05) is 10.6 Å². The molecule has 0 aliphatic carbocycles. The van der Waals surface area contributed by atoms with Gasteiger partial charge in [-0.3, -0.25) is 14.6 Å². The number of halogens is 1. The molecule has 6 heteroatoms. The molecular formula is C19H14FN3O2. The van der Waals surface area contributed by atoms with Crippen LogP contribution in [0.4, 0.5) is 15.8 Å². The molecular weight excluding hydrogens is 321 g/mol. The predicted molar refractivity (Wildman–Crippen MR) is 93.0 cm³/mol. The minimum atomic E-state index is -0.590. The standard InChI is InChI=1S/C19H14FN3O2/c20-17-6-2-1-5-16(17)19(25)22-14-9-7-13(8-10-14)18(24)23-15-4-3-11-21-12-15/h1-12H,(H,22,25)(H,23,24). The number of hydrogen-bond acceptors (Lipinski definition) is 3. The Bertz CT molecular complexity index is 896. The van der Waals surface area contributed by atoms with Crippen molar-refractivity contribution in [1.82, 2.24) is 4.98 Å². The van der Waals surface area contributed by atoms with Crippen LogP contribution in [-0.2, 0) is 0 Å². The summed E-state index contributed by atoms with van der Waals surface area (Å²) in [5, 5.41) is 5.31. The predicted octanol–water partition coefficient (Wildman–Crippen LogP) is 3.73. The van der Waals surface area contributed by atoms with Gasteiger partial charge in [-0.1, -0.05) is 12.1 Å². The maximum absolute atomic E-state index is 13.6. The quantitative estimate of drug-likeness (QED) is 0.763. The summed E-state index contributed by atoms with van der Waals surface area (Å²) >= 11 is 0. The van der Waals surface area contributed by atoms with Crippen molar-refractivity contribution in [2.45, 2.75) is 0 Å². The molecule has 25 heavy (non-hydrogen) atoms. The summed E-state index contributed by atoms with van der Waals surface area (Å²) in [6, 6.07) is 15.5. The molecule has 0 saturated carbocycles. The first kappa shape index (κ1) is 16.3. The second-order valence-electron chi connectivity index (χ2n) is 5.21. The lowest BCUT2D eigenvalue weighted by atomic mass is 10.1. The Morgan fingerprint density at radius 2 is 1.52 bits per heavy atom. The maximum atomic E-state index is 13.6. The zero-order valence-corrected chi connectivity index (χ0v) is 13.1. The lowest BCUT2D eigenvalue weighted by Crippen LogP contribution is -2.14. The number of nitrogens with one attached hydrogen (secondary N) is 2. The number of carbonyl (C=O) groups excluding carboxylic acids is 2. The molecule has 0 aliphatic rings. The van der Waals surface area contributed by atoms with E-state index in [0.717, 1.165) is 0 Å². The van der Waals surface area contributed by atoms with Gasteiger partial charge in [-0.05, 0) is 48.5 Å². The van der Waals surface area contributed by atoms with Crippen molar-refractivity contribution in [3.63, 3.8) is 0 Å². The fourth-order valence-electron chi connectivity index (χ4n) is 2.19. The number of amides is 2. The highest BCUT2D eigenvalue weighted by atomic mass is 19.1. The average molecular weight is 335 g/mol. The molecule has 3 aromatic rings. The number of aromatic nitrogens is 1. The van der Waals surface area contributed by atoms with Crippen LogP contribution in [0.25, 0.3) is 0 Å². The second-order valence-corrected chi connectivity index (χ2v) is 5.21. The Kier molecular flexibility index (Phi) is 4.80. The summed E-state index contributed by atoms with van der Waals surface area (Å²) in [6.45, 7) is 0. The zero-order chi connectivity index (χ0) is 17.6. The normalized spacial score (nSPS) is 10.1. The van der Waals surface area contributed by atoms with Gasteiger partial charge in [-0.2, -0.15) is 0 Å². The number of hydrogen-bond donors (Lipinski definition) is 2. The van der Waals surface area contributed by atoms with E-state index >= 15 is 0 Å². The molecule has 1 aromatic heterocycles. The van der Waals surface area contributed by atoms with Crippen LogP contribution in [0.5, 0.6) is 0 Å². The van der Waals surface area contributed by atoms with Crippen molar-refractivity contribution in [2.24, 2.45) is 0 Å². The summed E-state index contributed by atoms with van der Waals surface area (Å²) in [5.41, 5.74) is 1.43. The maximum Gasteiger partial charge on any atom is 0.258 e. The number of nitrogens with zero attached hydrogens (tertiary/aromatic N) is 1. The summed E-state index contributed by atoms with van der Waals surface area (Å²) < 4.78 is 13.6. The highest BCUT2D eigenvalue weighted by molar-refractivity contribution is 6.06. The Labute approximate surface area is 143 Å². The zero-order valence-electron chi connectivity index (χ0n) is 13.1. The van der Waals surface area contributed by atoms with Gasteiger partial charge in [0.2, 0.25) is 0 Å². The third-order valence-electron chi connectivity index (χ3n) is 3.44. The van der Waals surface area contributed by atoms with Gasteiger partial charge in [-0.15, -0.1) is 0 Å². The molecule has 1 heterocycles.